The molecule has 2 aromatic carbocycles. The molecule has 166 valence electrons. The number of hydrazine groups is 1. The van der Waals surface area contributed by atoms with Crippen LogP contribution in [-0.2, 0) is 9.59 Å². The van der Waals surface area contributed by atoms with Crippen LogP contribution in [0.4, 0.5) is 0 Å². The molecule has 2 fully saturated rings. The molecule has 1 saturated carbocycles. The molecular formula is C25H25ClN2O4. The first kappa shape index (κ1) is 22.2. The number of hydrogen-bond donors (Lipinski definition) is 0. The SMILES string of the molecule is C[C@@H]1CC[C@@H]2C(=O)N(N(C(=O)c3ccc(Cl)cc3)[C@H](C)C(=O)c3ccccc3)C(=O)[C@@H]2C1. The van der Waals surface area contributed by atoms with Gasteiger partial charge in [-0.25, -0.2) is 5.01 Å². The van der Waals surface area contributed by atoms with Crippen molar-refractivity contribution in [3.05, 3.63) is 70.7 Å². The van der Waals surface area contributed by atoms with Gasteiger partial charge in [-0.3, -0.25) is 19.2 Å². The number of ketones is 1. The van der Waals surface area contributed by atoms with Gasteiger partial charge in [0.15, 0.2) is 5.78 Å². The average Bonchev–Trinajstić information content (AvgIpc) is 3.04. The lowest BCUT2D eigenvalue weighted by atomic mass is 9.76. The average molecular weight is 453 g/mol. The van der Waals surface area contributed by atoms with Gasteiger partial charge in [-0.2, -0.15) is 5.01 Å². The van der Waals surface area contributed by atoms with Gasteiger partial charge < -0.3 is 0 Å². The van der Waals surface area contributed by atoms with Gasteiger partial charge in [0.2, 0.25) is 0 Å². The molecule has 4 atom stereocenters. The number of nitrogens with zero attached hydrogens (tertiary/aromatic N) is 2. The molecule has 0 N–H and O–H groups in total. The Kier molecular flexibility index (Phi) is 6.15. The standard InChI is InChI=1S/C25H25ClN2O4/c1-15-8-13-20-21(14-15)25(32)28(24(20)31)27(23(30)18-9-11-19(26)12-10-18)16(2)22(29)17-6-4-3-5-7-17/h3-7,9-12,15-16,20-21H,8,13-14H2,1-2H3/t15-,16-,20+,21-/m1/s1. The lowest BCUT2D eigenvalue weighted by Crippen LogP contribution is -2.56. The van der Waals surface area contributed by atoms with E-state index in [-0.39, 0.29) is 11.3 Å². The first-order chi connectivity index (χ1) is 15.3. The predicted molar refractivity (Wildman–Crippen MR) is 120 cm³/mol. The molecule has 2 aromatic rings. The zero-order valence-corrected chi connectivity index (χ0v) is 18.8. The Morgan fingerprint density at radius 1 is 0.938 bits per heavy atom. The molecule has 3 amide bonds. The maximum atomic E-state index is 13.6. The van der Waals surface area contributed by atoms with Gasteiger partial charge in [0, 0.05) is 16.1 Å². The third-order valence-corrected chi connectivity index (χ3v) is 6.74. The quantitative estimate of drug-likeness (QED) is 0.498. The normalized spacial score (nSPS) is 23.6. The van der Waals surface area contributed by atoms with E-state index < -0.39 is 35.6 Å². The molecule has 6 nitrogen and oxygen atoms in total. The molecule has 0 aromatic heterocycles. The van der Waals surface area contributed by atoms with Crippen molar-refractivity contribution in [1.29, 1.82) is 0 Å². The van der Waals surface area contributed by atoms with Crippen molar-refractivity contribution in [1.82, 2.24) is 10.0 Å². The van der Waals surface area contributed by atoms with Crippen LogP contribution in [-0.4, -0.2) is 39.6 Å². The van der Waals surface area contributed by atoms with Crippen molar-refractivity contribution >= 4 is 35.1 Å². The molecule has 1 saturated heterocycles. The van der Waals surface area contributed by atoms with Crippen LogP contribution in [0.2, 0.25) is 5.02 Å². The highest BCUT2D eigenvalue weighted by Gasteiger charge is 2.53. The highest BCUT2D eigenvalue weighted by molar-refractivity contribution is 6.30. The number of carbonyl (C=O) groups excluding carboxylic acids is 4. The summed E-state index contributed by atoms with van der Waals surface area (Å²) < 4.78 is 0. The van der Waals surface area contributed by atoms with Crippen LogP contribution < -0.4 is 0 Å². The molecule has 1 aliphatic heterocycles. The lowest BCUT2D eigenvalue weighted by molar-refractivity contribution is -0.156. The summed E-state index contributed by atoms with van der Waals surface area (Å²) in [5.74, 6) is -2.31. The summed E-state index contributed by atoms with van der Waals surface area (Å²) in [7, 11) is 0. The topological polar surface area (TPSA) is 74.8 Å². The van der Waals surface area contributed by atoms with Gasteiger partial charge >= 0.3 is 0 Å². The maximum Gasteiger partial charge on any atom is 0.273 e. The van der Waals surface area contributed by atoms with Crippen molar-refractivity contribution in [2.24, 2.45) is 17.8 Å². The Bertz CT molecular complexity index is 1050. The summed E-state index contributed by atoms with van der Waals surface area (Å²) in [6.45, 7) is 3.61. The number of halogens is 1. The summed E-state index contributed by atoms with van der Waals surface area (Å²) in [6, 6.07) is 13.7. The molecule has 1 heterocycles. The molecule has 0 unspecified atom stereocenters. The second-order valence-electron chi connectivity index (χ2n) is 8.68. The van der Waals surface area contributed by atoms with E-state index in [0.29, 0.717) is 29.3 Å². The van der Waals surface area contributed by atoms with Gasteiger partial charge in [0.1, 0.15) is 6.04 Å². The van der Waals surface area contributed by atoms with E-state index in [9.17, 15) is 19.2 Å². The molecule has 7 heteroatoms. The van der Waals surface area contributed by atoms with Crippen molar-refractivity contribution in [3.63, 3.8) is 0 Å². The van der Waals surface area contributed by atoms with Gasteiger partial charge in [-0.1, -0.05) is 48.9 Å². The number of rotatable bonds is 5. The third-order valence-electron chi connectivity index (χ3n) is 6.48. The summed E-state index contributed by atoms with van der Waals surface area (Å²) in [6.07, 6.45) is 2.07. The summed E-state index contributed by atoms with van der Waals surface area (Å²) in [5.41, 5.74) is 0.644. The number of hydrogen-bond acceptors (Lipinski definition) is 4. The second-order valence-corrected chi connectivity index (χ2v) is 9.12. The summed E-state index contributed by atoms with van der Waals surface area (Å²) in [5, 5.41) is 2.44. The van der Waals surface area contributed by atoms with Crippen LogP contribution in [0.1, 0.15) is 53.8 Å². The van der Waals surface area contributed by atoms with Crippen molar-refractivity contribution in [2.75, 3.05) is 0 Å². The van der Waals surface area contributed by atoms with Crippen molar-refractivity contribution < 1.29 is 19.2 Å². The van der Waals surface area contributed by atoms with Gasteiger partial charge in [-0.05, 0) is 56.4 Å². The Hall–Kier alpha value is -2.99. The fourth-order valence-corrected chi connectivity index (χ4v) is 4.83. The van der Waals surface area contributed by atoms with Gasteiger partial charge in [0.05, 0.1) is 11.8 Å². The van der Waals surface area contributed by atoms with E-state index in [2.05, 4.69) is 6.92 Å². The molecule has 0 bridgehead atoms. The van der Waals surface area contributed by atoms with Crippen molar-refractivity contribution in [3.8, 4) is 0 Å². The second kappa shape index (κ2) is 8.87. The molecule has 0 radical (unpaired) electrons. The number of carbonyl (C=O) groups is 4. The van der Waals surface area contributed by atoms with E-state index in [1.54, 1.807) is 49.4 Å². The van der Waals surface area contributed by atoms with E-state index in [4.69, 9.17) is 11.6 Å². The fraction of sp³-hybridized carbons (Fsp3) is 0.360. The molecule has 2 aliphatic rings. The largest absolute Gasteiger partial charge is 0.292 e. The van der Waals surface area contributed by atoms with Crippen molar-refractivity contribution in [2.45, 2.75) is 39.2 Å². The van der Waals surface area contributed by atoms with Crippen LogP contribution in [0.3, 0.4) is 0 Å². The van der Waals surface area contributed by atoms with Gasteiger partial charge in [-0.15, -0.1) is 0 Å². The molecular weight excluding hydrogens is 428 g/mol. The van der Waals surface area contributed by atoms with Crippen LogP contribution in [0, 0.1) is 17.8 Å². The minimum atomic E-state index is -1.05. The highest BCUT2D eigenvalue weighted by Crippen LogP contribution is 2.41. The smallest absolute Gasteiger partial charge is 0.273 e. The monoisotopic (exact) mass is 452 g/mol. The lowest BCUT2D eigenvalue weighted by Gasteiger charge is -2.34. The molecule has 1 aliphatic carbocycles. The number of fused-ring (bicyclic) bond motifs is 1. The Morgan fingerprint density at radius 3 is 2.22 bits per heavy atom. The van der Waals surface area contributed by atoms with Crippen LogP contribution in [0.5, 0.6) is 0 Å². The Labute approximate surface area is 192 Å². The minimum absolute atomic E-state index is 0.242. The van der Waals surface area contributed by atoms with E-state index in [1.165, 1.54) is 12.1 Å². The number of imide groups is 1. The fourth-order valence-electron chi connectivity index (χ4n) is 4.70. The van der Waals surface area contributed by atoms with E-state index in [0.717, 1.165) is 16.4 Å². The first-order valence-electron chi connectivity index (χ1n) is 10.9. The first-order valence-corrected chi connectivity index (χ1v) is 11.2. The van der Waals surface area contributed by atoms with E-state index >= 15 is 0 Å². The highest BCUT2D eigenvalue weighted by atomic mass is 35.5. The minimum Gasteiger partial charge on any atom is -0.292 e. The van der Waals surface area contributed by atoms with E-state index in [1.807, 2.05) is 0 Å². The van der Waals surface area contributed by atoms with Crippen LogP contribution >= 0.6 is 11.6 Å². The summed E-state index contributed by atoms with van der Waals surface area (Å²) >= 11 is 5.96. The number of Topliss-reactive ketones (excluding diaryl/α,β-unsaturated/α-hetero) is 1. The number of amides is 3. The zero-order valence-electron chi connectivity index (χ0n) is 18.0. The Morgan fingerprint density at radius 2 is 1.56 bits per heavy atom. The Balaban J connectivity index is 1.74. The zero-order chi connectivity index (χ0) is 23.0. The van der Waals surface area contributed by atoms with Crippen LogP contribution in [0.15, 0.2) is 54.6 Å². The molecule has 32 heavy (non-hydrogen) atoms. The number of benzene rings is 2. The molecule has 4 rings (SSSR count). The maximum absolute atomic E-state index is 13.6. The predicted octanol–water partition coefficient (Wildman–Crippen LogP) is 4.39. The molecule has 0 spiro atoms. The third kappa shape index (κ3) is 3.95. The van der Waals surface area contributed by atoms with Gasteiger partial charge in [0.25, 0.3) is 17.7 Å². The van der Waals surface area contributed by atoms with Crippen LogP contribution in [0.25, 0.3) is 0 Å². The summed E-state index contributed by atoms with van der Waals surface area (Å²) in [4.78, 5) is 53.5.